The Labute approximate surface area is 119 Å². The summed E-state index contributed by atoms with van der Waals surface area (Å²) in [6.45, 7) is 10.8. The van der Waals surface area contributed by atoms with Gasteiger partial charge in [-0.15, -0.1) is 0 Å². The lowest BCUT2D eigenvalue weighted by atomic mass is 9.93. The predicted octanol–water partition coefficient (Wildman–Crippen LogP) is 2.13. The van der Waals surface area contributed by atoms with Crippen LogP contribution in [-0.2, 0) is 0 Å². The molecule has 6 heteroatoms. The minimum atomic E-state index is 0.0253. The molecule has 0 saturated heterocycles. The average molecular weight is 277 g/mol. The van der Waals surface area contributed by atoms with Crippen LogP contribution in [-0.4, -0.2) is 34.8 Å². The van der Waals surface area contributed by atoms with E-state index in [4.69, 9.17) is 10.3 Å². The van der Waals surface area contributed by atoms with E-state index in [1.165, 1.54) is 6.33 Å². The van der Waals surface area contributed by atoms with Crippen LogP contribution >= 0.6 is 0 Å². The molecule has 0 aliphatic heterocycles. The highest BCUT2D eigenvalue weighted by atomic mass is 16.5. The number of hydrogen-bond acceptors (Lipinski definition) is 6. The highest BCUT2D eigenvalue weighted by molar-refractivity contribution is 5.87. The lowest BCUT2D eigenvalue weighted by molar-refractivity contribution is 0.377. The summed E-state index contributed by atoms with van der Waals surface area (Å²) in [4.78, 5) is 10.8. The zero-order valence-corrected chi connectivity index (χ0v) is 12.7. The van der Waals surface area contributed by atoms with Gasteiger partial charge >= 0.3 is 0 Å². The van der Waals surface area contributed by atoms with Crippen molar-refractivity contribution in [3.63, 3.8) is 0 Å². The van der Waals surface area contributed by atoms with Gasteiger partial charge in [0.2, 0.25) is 0 Å². The quantitative estimate of drug-likeness (QED) is 0.871. The van der Waals surface area contributed by atoms with Crippen LogP contribution < -0.4 is 10.6 Å². The molecule has 0 bridgehead atoms. The second-order valence-corrected chi connectivity index (χ2v) is 5.94. The van der Waals surface area contributed by atoms with Crippen LogP contribution in [0, 0.1) is 12.3 Å². The van der Waals surface area contributed by atoms with Gasteiger partial charge in [0.15, 0.2) is 0 Å². The van der Waals surface area contributed by atoms with E-state index >= 15 is 0 Å². The highest BCUT2D eigenvalue weighted by Crippen LogP contribution is 2.28. The Bertz CT molecular complexity index is 578. The van der Waals surface area contributed by atoms with Crippen molar-refractivity contribution in [3.8, 4) is 0 Å². The molecule has 6 nitrogen and oxygen atoms in total. The number of rotatable bonds is 6. The molecule has 0 amide bonds. The molecule has 2 N–H and O–H groups in total. The zero-order chi connectivity index (χ0) is 14.8. The Morgan fingerprint density at radius 2 is 2.10 bits per heavy atom. The number of hydrogen-bond donors (Lipinski definition) is 1. The summed E-state index contributed by atoms with van der Waals surface area (Å²) in [6.07, 6.45) is 2.57. The Morgan fingerprint density at radius 3 is 2.75 bits per heavy atom. The third-order valence-electron chi connectivity index (χ3n) is 3.39. The molecule has 0 atom stereocenters. The summed E-state index contributed by atoms with van der Waals surface area (Å²) in [5, 5.41) is 4.88. The summed E-state index contributed by atoms with van der Waals surface area (Å²) in [5.74, 6) is 0.886. The van der Waals surface area contributed by atoms with Crippen LogP contribution in [0.25, 0.3) is 11.1 Å². The molecule has 0 aliphatic carbocycles. The van der Waals surface area contributed by atoms with Gasteiger partial charge in [0.1, 0.15) is 17.5 Å². The van der Waals surface area contributed by atoms with Gasteiger partial charge in [-0.25, -0.2) is 4.98 Å². The number of aromatic nitrogens is 3. The minimum absolute atomic E-state index is 0.0253. The van der Waals surface area contributed by atoms with E-state index in [1.54, 1.807) is 0 Å². The molecule has 2 aromatic heterocycles. The van der Waals surface area contributed by atoms with Crippen molar-refractivity contribution < 1.29 is 4.52 Å². The molecule has 0 unspecified atom stereocenters. The smallest absolute Gasteiger partial charge is 0.263 e. The summed E-state index contributed by atoms with van der Waals surface area (Å²) in [7, 11) is 0. The lowest BCUT2D eigenvalue weighted by Gasteiger charge is -2.32. The van der Waals surface area contributed by atoms with Crippen LogP contribution in [0.2, 0.25) is 0 Å². The van der Waals surface area contributed by atoms with Crippen LogP contribution in [0.3, 0.4) is 0 Å². The average Bonchev–Trinajstić information content (AvgIpc) is 2.80. The van der Waals surface area contributed by atoms with Crippen molar-refractivity contribution in [2.75, 3.05) is 24.5 Å². The molecule has 110 valence electrons. The Balaban J connectivity index is 2.43. The van der Waals surface area contributed by atoms with Gasteiger partial charge in [-0.2, -0.15) is 4.98 Å². The first-order valence-corrected chi connectivity index (χ1v) is 7.00. The minimum Gasteiger partial charge on any atom is -0.355 e. The fourth-order valence-corrected chi connectivity index (χ4v) is 2.25. The molecule has 2 rings (SSSR count). The van der Waals surface area contributed by atoms with E-state index < -0.39 is 0 Å². The highest BCUT2D eigenvalue weighted by Gasteiger charge is 2.24. The number of fused-ring (bicyclic) bond motifs is 1. The van der Waals surface area contributed by atoms with Crippen molar-refractivity contribution in [1.82, 2.24) is 15.1 Å². The van der Waals surface area contributed by atoms with Crippen LogP contribution in [0.1, 0.15) is 32.9 Å². The summed E-state index contributed by atoms with van der Waals surface area (Å²) < 4.78 is 5.22. The standard InChI is InChI=1S/C14H23N5O/c1-5-6-19(8-14(3,4)7-15)12-11-10(2)18-20-13(11)17-9-16-12/h9H,5-8,15H2,1-4H3. The number of aryl methyl sites for hydroxylation is 1. The molecular formula is C14H23N5O. The van der Waals surface area contributed by atoms with Gasteiger partial charge in [0.05, 0.1) is 5.69 Å². The molecule has 2 heterocycles. The first kappa shape index (κ1) is 14.7. The Hall–Kier alpha value is -1.69. The molecule has 20 heavy (non-hydrogen) atoms. The molecule has 0 spiro atoms. The fraction of sp³-hybridized carbons (Fsp3) is 0.643. The monoisotopic (exact) mass is 277 g/mol. The van der Waals surface area contributed by atoms with Gasteiger partial charge in [-0.1, -0.05) is 25.9 Å². The molecule has 0 fully saturated rings. The number of nitrogens with zero attached hydrogens (tertiary/aromatic N) is 4. The van der Waals surface area contributed by atoms with Gasteiger partial charge in [0, 0.05) is 13.1 Å². The van der Waals surface area contributed by atoms with E-state index in [0.717, 1.165) is 36.4 Å². The third kappa shape index (κ3) is 2.90. The van der Waals surface area contributed by atoms with Crippen LogP contribution in [0.15, 0.2) is 10.9 Å². The van der Waals surface area contributed by atoms with E-state index in [9.17, 15) is 0 Å². The second kappa shape index (κ2) is 5.75. The predicted molar refractivity (Wildman–Crippen MR) is 79.7 cm³/mol. The summed E-state index contributed by atoms with van der Waals surface area (Å²) >= 11 is 0. The fourth-order valence-electron chi connectivity index (χ4n) is 2.25. The zero-order valence-electron chi connectivity index (χ0n) is 12.7. The maximum absolute atomic E-state index is 5.86. The van der Waals surface area contributed by atoms with Gasteiger partial charge in [-0.3, -0.25) is 0 Å². The van der Waals surface area contributed by atoms with Crippen LogP contribution in [0.4, 0.5) is 5.82 Å². The van der Waals surface area contributed by atoms with Crippen molar-refractivity contribution in [2.45, 2.75) is 34.1 Å². The van der Waals surface area contributed by atoms with Gasteiger partial charge in [0.25, 0.3) is 5.71 Å². The van der Waals surface area contributed by atoms with Crippen molar-refractivity contribution in [1.29, 1.82) is 0 Å². The van der Waals surface area contributed by atoms with Crippen LogP contribution in [0.5, 0.6) is 0 Å². The first-order chi connectivity index (χ1) is 9.48. The van der Waals surface area contributed by atoms with Gasteiger partial charge < -0.3 is 15.2 Å². The number of anilines is 1. The lowest BCUT2D eigenvalue weighted by Crippen LogP contribution is -2.39. The van der Waals surface area contributed by atoms with Crippen molar-refractivity contribution >= 4 is 16.9 Å². The third-order valence-corrected chi connectivity index (χ3v) is 3.39. The maximum Gasteiger partial charge on any atom is 0.263 e. The second-order valence-electron chi connectivity index (χ2n) is 5.94. The summed E-state index contributed by atoms with van der Waals surface area (Å²) in [6, 6.07) is 0. The Kier molecular flexibility index (Phi) is 4.23. The number of nitrogens with two attached hydrogens (primary N) is 1. The molecular weight excluding hydrogens is 254 g/mol. The SMILES string of the molecule is CCCN(CC(C)(C)CN)c1ncnc2onc(C)c12. The molecule has 2 aromatic rings. The van der Waals surface area contributed by atoms with E-state index in [-0.39, 0.29) is 5.41 Å². The van der Waals surface area contributed by atoms with E-state index in [0.29, 0.717) is 12.3 Å². The largest absolute Gasteiger partial charge is 0.355 e. The molecule has 0 aromatic carbocycles. The summed E-state index contributed by atoms with van der Waals surface area (Å²) in [5.41, 5.74) is 7.25. The van der Waals surface area contributed by atoms with E-state index in [2.05, 4.69) is 40.8 Å². The first-order valence-electron chi connectivity index (χ1n) is 7.00. The topological polar surface area (TPSA) is 81.1 Å². The molecule has 0 saturated carbocycles. The molecule has 0 radical (unpaired) electrons. The van der Waals surface area contributed by atoms with Crippen molar-refractivity contribution in [3.05, 3.63) is 12.0 Å². The Morgan fingerprint density at radius 1 is 1.35 bits per heavy atom. The normalized spacial score (nSPS) is 12.1. The van der Waals surface area contributed by atoms with Gasteiger partial charge in [-0.05, 0) is 25.3 Å². The maximum atomic E-state index is 5.86. The van der Waals surface area contributed by atoms with Crippen molar-refractivity contribution in [2.24, 2.45) is 11.1 Å². The molecule has 0 aliphatic rings. The van der Waals surface area contributed by atoms with E-state index in [1.807, 2.05) is 6.92 Å².